The summed E-state index contributed by atoms with van der Waals surface area (Å²) in [6, 6.07) is 9.67. The number of hydrogen-bond acceptors (Lipinski definition) is 33. The third-order valence-electron chi connectivity index (χ3n) is 13.3. The zero-order valence-electron chi connectivity index (χ0n) is 58.2. The van der Waals surface area contributed by atoms with E-state index >= 15 is 0 Å². The standard InChI is InChI=1S/C12H27N.C10H12ClFN2O4.C9H13ClFN2O14P3.C9H10ClFN2O5.C7H4ClO3P.CH3Cl.CH4O7P2.2CH4.4Li/c1-4-7-10-13(11-8-5-2)12-9-6-3;1-5-6(4-15)18-8(10(5,11)12)14-3-2-7(16)13-9(14)17;10-9(11)6(15)4(25-7(9)13-2-1-5(14)12-8(13)16)3-24-29(20,21)27-30(22,23)26-28(17,18)19;10-9(11)6(16)4(3-14)18-7(9)13-2-1-5(15)12-8(13)17;8-12-10-6-4-2-1-3-5(6)7(9)11-12;1-2;1-10(4,9-3)8-7-6-5-2;;;;;;/h4-12H2,1-3H3;2-3,5-6,8,15H,4H2,1H3,(H,13,16,17);1-2,4,6-7,15H,3H2,(H,20,21)(H,22,23)(H,12,14,16)(H2,17,18,19);1-2,4,6-7,14,16H,3H2,(H,12,15,17);1-4H;1H3;2H,1H3;2*1H4;;;;/q;;;;;;;;;4*+1/p-3/t;5-,6-,8-,10-;2*4-,6-,7-,9-;;;;;;;;;/m.111........./s1. The molecule has 4 aromatic rings. The maximum Gasteiger partial charge on any atom is 1.00 e. The van der Waals surface area contributed by atoms with Gasteiger partial charge < -0.3 is 72.7 Å². The monoisotopic (exact) mass is 1760 g/mol. The van der Waals surface area contributed by atoms with Crippen molar-refractivity contribution in [1.82, 2.24) is 33.6 Å². The Bertz CT molecular complexity index is 3810. The number of nitrogens with one attached hydrogen (secondary N) is 3. The number of H-pyrrole nitrogens is 3. The second-order valence-electron chi connectivity index (χ2n) is 20.8. The van der Waals surface area contributed by atoms with Crippen molar-refractivity contribution in [2.75, 3.05) is 52.5 Å². The zero-order valence-corrected chi connectivity index (χ0v) is 67.3. The van der Waals surface area contributed by atoms with Crippen molar-refractivity contribution in [2.24, 2.45) is 5.92 Å². The average Bonchev–Trinajstić information content (AvgIpc) is 1.63. The number of alkyl halides is 7. The molecule has 9 N–H and O–H groups in total. The van der Waals surface area contributed by atoms with Gasteiger partial charge in [0, 0.05) is 55.8 Å². The van der Waals surface area contributed by atoms with E-state index in [-0.39, 0.29) is 90.3 Å². The Kier molecular flexibility index (Phi) is 58.4. The predicted molar refractivity (Wildman–Crippen MR) is 363 cm³/mol. The number of carbonyl (C=O) groups excluding carboxylic acids is 1. The molecule has 17 atom stereocenters. The van der Waals surface area contributed by atoms with Crippen molar-refractivity contribution in [3.8, 4) is 5.75 Å². The SMILES string of the molecule is C.C.CCCCN(CCCC)CCCC.CCl.CP(=O)(OOOOO)P=O.C[C@@H]1[C@@H](CO)O[C@@H](n2ccc(=O)[nH]c2=O)[C@@]1(F)Cl.O=C1OP(Cl)Oc2ccccc21.O=c1ccn([C@@H]2O[C@H](CO)[C@@H](O)[C@]2(F)Cl)c(=O)[nH]1.O=c1ccn([C@@H]2O[C@H](COP(=O)([O-])OP(=O)([O-])OP(=O)([O-])O)[C@@H](O)[C@]2(F)Cl)c(=O)[nH]1.[Li+].[Li+].[Li+].[Li+]. The number of aromatic nitrogens is 6. The van der Waals surface area contributed by atoms with Gasteiger partial charge in [-0.2, -0.15) is 0 Å². The van der Waals surface area contributed by atoms with E-state index in [1.807, 2.05) is 9.97 Å². The molecule has 3 fully saturated rings. The Balaban J connectivity index is -0.000000405. The summed E-state index contributed by atoms with van der Waals surface area (Å²) in [6.07, 6.45) is -0.839. The molecule has 7 heterocycles. The average molecular weight is 1770 g/mol. The molecule has 0 amide bonds. The molecule has 4 aliphatic rings. The fourth-order valence-corrected chi connectivity index (χ4v) is 13.4. The van der Waals surface area contributed by atoms with Crippen molar-refractivity contribution in [3.05, 3.63) is 129 Å². The summed E-state index contributed by atoms with van der Waals surface area (Å²) in [6.45, 7) is 10.9. The van der Waals surface area contributed by atoms with Crippen LogP contribution in [0.15, 0.2) is 89.8 Å². The molecular weight excluding hydrogens is 1690 g/mol. The van der Waals surface area contributed by atoms with Gasteiger partial charge in [0.1, 0.15) is 35.7 Å². The number of aliphatic hydroxyl groups is 4. The molecule has 109 heavy (non-hydrogen) atoms. The summed E-state index contributed by atoms with van der Waals surface area (Å²) in [7, 11) is -23.7. The Morgan fingerprint density at radius 1 is 0.633 bits per heavy atom. The molecule has 0 aliphatic carbocycles. The molecular formula is C51H78Cl5F3Li4N7O33P6+. The molecule has 0 bridgehead atoms. The van der Waals surface area contributed by atoms with Crippen LogP contribution in [0.4, 0.5) is 13.2 Å². The Morgan fingerprint density at radius 3 is 1.38 bits per heavy atom. The Hall–Kier alpha value is -1.19. The van der Waals surface area contributed by atoms with E-state index in [2.05, 4.69) is 74.7 Å². The maximum atomic E-state index is 14.7. The van der Waals surface area contributed by atoms with Crippen LogP contribution in [0.3, 0.4) is 0 Å². The van der Waals surface area contributed by atoms with Crippen LogP contribution in [-0.2, 0) is 74.5 Å². The fourth-order valence-electron chi connectivity index (χ4n) is 8.31. The van der Waals surface area contributed by atoms with Gasteiger partial charge in [-0.1, -0.05) is 109 Å². The maximum absolute atomic E-state index is 14.7. The van der Waals surface area contributed by atoms with Gasteiger partial charge in [-0.05, 0) is 77.4 Å². The van der Waals surface area contributed by atoms with Crippen LogP contribution in [0.2, 0.25) is 0 Å². The predicted octanol–water partition coefficient (Wildman–Crippen LogP) is -6.28. The molecule has 0 radical (unpaired) electrons. The molecule has 40 nitrogen and oxygen atoms in total. The van der Waals surface area contributed by atoms with Crippen LogP contribution in [0.1, 0.15) is 110 Å². The van der Waals surface area contributed by atoms with Crippen molar-refractivity contribution in [2.45, 2.75) is 146 Å². The number of para-hydroxylation sites is 1. The second-order valence-corrected chi connectivity index (χ2v) is 33.0. The minimum atomic E-state index is -6.17. The minimum absolute atomic E-state index is 0. The number of aromatic amines is 3. The number of carbonyl (C=O) groups is 1. The number of phosphoric acid groups is 3. The summed E-state index contributed by atoms with van der Waals surface area (Å²) < 4.78 is 138. The van der Waals surface area contributed by atoms with Crippen LogP contribution in [0, 0.1) is 5.92 Å². The van der Waals surface area contributed by atoms with Gasteiger partial charge >= 0.3 is 113 Å². The van der Waals surface area contributed by atoms with Crippen LogP contribution in [-0.4, -0.2) is 169 Å². The van der Waals surface area contributed by atoms with Gasteiger partial charge in [-0.15, -0.1) is 16.3 Å². The number of hydrogen-bond donors (Lipinski definition) is 9. The number of aliphatic hydroxyl groups excluding tert-OH is 4. The van der Waals surface area contributed by atoms with E-state index in [0.29, 0.717) is 20.4 Å². The first kappa shape index (κ1) is 116. The molecule has 3 aromatic heterocycles. The second kappa shape index (κ2) is 54.7. The zero-order chi connectivity index (χ0) is 78.6. The molecule has 0 saturated carbocycles. The molecule has 4 aliphatic heterocycles. The topological polar surface area (TPSA) is 572 Å². The smallest absolute Gasteiger partial charge is 0.756 e. The van der Waals surface area contributed by atoms with Crippen LogP contribution in [0.25, 0.3) is 0 Å². The Labute approximate surface area is 694 Å². The van der Waals surface area contributed by atoms with Crippen LogP contribution >= 0.6 is 104 Å². The third-order valence-corrected chi connectivity index (χ3v) is 21.1. The number of halogens is 8. The van der Waals surface area contributed by atoms with Crippen LogP contribution < -0.4 is 128 Å². The molecule has 3 saturated heterocycles. The quantitative estimate of drug-likeness (QED) is 0.00705. The summed E-state index contributed by atoms with van der Waals surface area (Å²) in [5.74, 6) is -0.721. The van der Waals surface area contributed by atoms with E-state index in [1.54, 1.807) is 29.2 Å². The third kappa shape index (κ3) is 38.0. The summed E-state index contributed by atoms with van der Waals surface area (Å²) in [5.41, 5.74) is -4.63. The summed E-state index contributed by atoms with van der Waals surface area (Å²) in [5, 5.41) is 46.1. The van der Waals surface area contributed by atoms with Gasteiger partial charge in [0.15, 0.2) is 18.7 Å². The first-order chi connectivity index (χ1) is 47.9. The first-order valence-electron chi connectivity index (χ1n) is 29.1. The van der Waals surface area contributed by atoms with Gasteiger partial charge in [0.25, 0.3) is 58.6 Å². The number of benzene rings is 1. The summed E-state index contributed by atoms with van der Waals surface area (Å²) >= 11 is 26.9. The van der Waals surface area contributed by atoms with Crippen molar-refractivity contribution in [3.63, 3.8) is 0 Å². The molecule has 8 rings (SSSR count). The van der Waals surface area contributed by atoms with Gasteiger partial charge in [-0.3, -0.25) is 65.9 Å². The molecule has 604 valence electrons. The number of phosphoric ester groups is 1. The molecule has 58 heteroatoms. The van der Waals surface area contributed by atoms with E-state index in [9.17, 15) is 94.5 Å². The van der Waals surface area contributed by atoms with E-state index < -0.39 is 176 Å². The summed E-state index contributed by atoms with van der Waals surface area (Å²) in [4.78, 5) is 128. The van der Waals surface area contributed by atoms with E-state index in [1.165, 1.54) is 71.5 Å². The Morgan fingerprint density at radius 2 is 1.02 bits per heavy atom. The molecule has 0 spiro atoms. The van der Waals surface area contributed by atoms with Crippen molar-refractivity contribution in [1.29, 1.82) is 0 Å². The number of unbranched alkanes of at least 4 members (excludes halogenated alkanes) is 3. The molecule has 1 aromatic carbocycles. The largest absolute Gasteiger partial charge is 1.00 e. The van der Waals surface area contributed by atoms with E-state index in [0.717, 1.165) is 48.0 Å². The van der Waals surface area contributed by atoms with Gasteiger partial charge in [0.05, 0.1) is 25.9 Å². The number of fused-ring (bicyclic) bond motifs is 1. The fraction of sp³-hybridized carbons (Fsp3) is 0.627. The minimum Gasteiger partial charge on any atom is -0.756 e. The van der Waals surface area contributed by atoms with Crippen LogP contribution in [0.5, 0.6) is 5.75 Å². The van der Waals surface area contributed by atoms with Crippen molar-refractivity contribution < 1.29 is 218 Å². The molecule has 5 unspecified atom stereocenters. The number of rotatable bonds is 26. The number of nitrogens with zero attached hydrogens (tertiary/aromatic N) is 4. The van der Waals surface area contributed by atoms with Gasteiger partial charge in [-0.25, -0.2) is 46.2 Å². The van der Waals surface area contributed by atoms with E-state index in [4.69, 9.17) is 85.1 Å². The number of ether oxygens (including phenoxy) is 3. The van der Waals surface area contributed by atoms with Gasteiger partial charge in [0.2, 0.25) is 5.13 Å². The van der Waals surface area contributed by atoms with Crippen molar-refractivity contribution >= 4 is 110 Å². The first-order valence-corrected chi connectivity index (χ1v) is 41.1. The normalized spacial score (nSPS) is 26.1.